The van der Waals surface area contributed by atoms with Crippen molar-refractivity contribution < 1.29 is 34.1 Å². The smallest absolute Gasteiger partial charge is 0.226 e. The fourth-order valence-corrected chi connectivity index (χ4v) is 7.98. The zero-order valence-electron chi connectivity index (χ0n) is 34.2. The Kier molecular flexibility index (Phi) is 20.1. The molecule has 1 aromatic rings. The van der Waals surface area contributed by atoms with E-state index in [9.17, 15) is 19.8 Å². The molecule has 0 radical (unpaired) electrons. The monoisotopic (exact) mass is 779 g/mol. The first-order valence-corrected chi connectivity index (χ1v) is 20.5. The van der Waals surface area contributed by atoms with Crippen LogP contribution in [0.2, 0.25) is 0 Å². The van der Waals surface area contributed by atoms with Crippen molar-refractivity contribution in [3.63, 3.8) is 0 Å². The second kappa shape index (κ2) is 23.6. The summed E-state index contributed by atoms with van der Waals surface area (Å²) >= 11 is 1.79. The fourth-order valence-electron chi connectivity index (χ4n) is 6.97. The number of rotatable bonds is 7. The lowest BCUT2D eigenvalue weighted by Crippen LogP contribution is -2.41. The predicted octanol–water partition coefficient (Wildman–Crippen LogP) is 8.16. The first kappa shape index (κ1) is 46.9. The highest BCUT2D eigenvalue weighted by Crippen LogP contribution is 2.42. The maximum atomic E-state index is 13.8. The van der Waals surface area contributed by atoms with Crippen molar-refractivity contribution in [1.82, 2.24) is 10.2 Å². The van der Waals surface area contributed by atoms with E-state index in [4.69, 9.17) is 14.3 Å². The van der Waals surface area contributed by atoms with Gasteiger partial charge < -0.3 is 35.6 Å². The highest BCUT2D eigenvalue weighted by atomic mass is 32.2. The molecule has 0 spiro atoms. The van der Waals surface area contributed by atoms with Gasteiger partial charge in [-0.25, -0.2) is 0 Å². The quantitative estimate of drug-likeness (QED) is 0.160. The molecule has 3 amide bonds. The molecule has 1 aromatic carbocycles. The Labute approximate surface area is 334 Å². The number of carbonyl (C=O) groups is 3. The molecule has 3 unspecified atom stereocenters. The van der Waals surface area contributed by atoms with Crippen LogP contribution in [0.25, 0.3) is 5.76 Å². The Morgan fingerprint density at radius 1 is 1.09 bits per heavy atom. The van der Waals surface area contributed by atoms with Crippen molar-refractivity contribution in [2.45, 2.75) is 111 Å². The SMILES string of the molecule is C#C.CCC.COc1ccc2c(c1C)CC/C=C(CS/C=C(\C)C(C)C)\C=C/2OC1CC2C(=O)N(C)CCCC/C(O)=C(/O)[C@@H]3CC3NC(=O)[C@@H]2C1.NC=O. The number of nitrogens with zero attached hydrogens (tertiary/aromatic N) is 1. The zero-order chi connectivity index (χ0) is 41.2. The maximum absolute atomic E-state index is 13.8. The van der Waals surface area contributed by atoms with Crippen LogP contribution < -0.4 is 15.8 Å². The van der Waals surface area contributed by atoms with E-state index < -0.39 is 11.8 Å². The number of ether oxygens (including phenoxy) is 2. The van der Waals surface area contributed by atoms with Gasteiger partial charge in [0.05, 0.1) is 18.9 Å². The summed E-state index contributed by atoms with van der Waals surface area (Å²) in [6.45, 7) is 13.4. The average Bonchev–Trinajstić information content (AvgIpc) is 3.79. The van der Waals surface area contributed by atoms with E-state index in [0.717, 1.165) is 41.2 Å². The number of amides is 3. The Morgan fingerprint density at radius 2 is 1.75 bits per heavy atom. The Balaban J connectivity index is 0.00000121. The third-order valence-corrected chi connectivity index (χ3v) is 11.4. The number of benzene rings is 1. The van der Waals surface area contributed by atoms with Gasteiger partial charge in [-0.05, 0) is 105 Å². The molecular formula is C44H65N3O7S. The molecular weight excluding hydrogens is 715 g/mol. The molecule has 3 aliphatic carbocycles. The lowest BCUT2D eigenvalue weighted by Gasteiger charge is -2.25. The molecule has 0 saturated heterocycles. The van der Waals surface area contributed by atoms with Gasteiger partial charge in [0, 0.05) is 43.3 Å². The first-order valence-electron chi connectivity index (χ1n) is 19.5. The van der Waals surface area contributed by atoms with Gasteiger partial charge in [0.1, 0.15) is 29.1 Å². The summed E-state index contributed by atoms with van der Waals surface area (Å²) in [5.41, 5.74) is 10.0. The number of carbonyl (C=O) groups excluding carboxylic acids is 3. The maximum Gasteiger partial charge on any atom is 0.226 e. The number of nitrogens with one attached hydrogen (secondary N) is 1. The van der Waals surface area contributed by atoms with Crippen LogP contribution in [0, 0.1) is 43.4 Å². The van der Waals surface area contributed by atoms with Crippen LogP contribution in [0.4, 0.5) is 0 Å². The Hall–Kier alpha value is -4.30. The summed E-state index contributed by atoms with van der Waals surface area (Å²) in [6.07, 6.45) is 18.6. The molecule has 5 atom stereocenters. The summed E-state index contributed by atoms with van der Waals surface area (Å²) < 4.78 is 12.6. The Bertz CT molecular complexity index is 1590. The zero-order valence-corrected chi connectivity index (χ0v) is 35.0. The largest absolute Gasteiger partial charge is 0.509 e. The average molecular weight is 780 g/mol. The molecule has 5 rings (SSSR count). The molecule has 10 nitrogen and oxygen atoms in total. The van der Waals surface area contributed by atoms with E-state index in [1.54, 1.807) is 30.8 Å². The van der Waals surface area contributed by atoms with Gasteiger partial charge in [0.2, 0.25) is 18.2 Å². The molecule has 5 N–H and O–H groups in total. The molecule has 11 heteroatoms. The number of thioether (sulfide) groups is 1. The number of hydrogen-bond acceptors (Lipinski definition) is 8. The number of nitrogens with two attached hydrogens (primary N) is 1. The van der Waals surface area contributed by atoms with E-state index in [1.165, 1.54) is 23.1 Å². The molecule has 2 fully saturated rings. The van der Waals surface area contributed by atoms with Gasteiger partial charge in [0.15, 0.2) is 0 Å². The second-order valence-electron chi connectivity index (χ2n) is 14.8. The minimum atomic E-state index is -0.542. The standard InChI is InChI=1S/C38H52N2O6S.C3H8.C2H2.CH3NO/c1-22(2)23(3)20-47-21-25-10-9-11-27-24(4)34(45-6)14-13-28(27)35(16-25)46-26-17-29-30(18-26)38(44)40(5)15-8-7-12-33(41)36(42)31-19-32(31)39-37(29)43;1-3-2;1-2;2-1-3/h10,13-14,16,20,22,26,29-32,41-42H,7-9,11-12,15,17-19,21H2,1-6H3,(H,39,43);3H2,1-2H3;1-2H;1H,(H2,2,3)/b23-20+,25-10+,35-16+,36-33-;;;/t26?,29-,30?,31-,32?;;;/m1.../s1. The third kappa shape index (κ3) is 13.4. The van der Waals surface area contributed by atoms with Crippen molar-refractivity contribution in [2.75, 3.05) is 26.5 Å². The van der Waals surface area contributed by atoms with Gasteiger partial charge in [-0.2, -0.15) is 0 Å². The summed E-state index contributed by atoms with van der Waals surface area (Å²) in [5.74, 6) is 1.38. The highest BCUT2D eigenvalue weighted by Gasteiger charge is 2.49. The number of hydrogen-bond donors (Lipinski definition) is 4. The molecule has 1 heterocycles. The predicted molar refractivity (Wildman–Crippen MR) is 224 cm³/mol. The van der Waals surface area contributed by atoms with Crippen LogP contribution in [-0.2, 0) is 25.5 Å². The van der Waals surface area contributed by atoms with E-state index in [0.29, 0.717) is 51.0 Å². The summed E-state index contributed by atoms with van der Waals surface area (Å²) in [4.78, 5) is 37.8. The van der Waals surface area contributed by atoms with Crippen molar-refractivity contribution >= 4 is 35.7 Å². The van der Waals surface area contributed by atoms with E-state index in [2.05, 4.69) is 89.1 Å². The molecule has 0 aromatic heterocycles. The number of aliphatic hydroxyl groups is 2. The van der Waals surface area contributed by atoms with Crippen molar-refractivity contribution in [1.29, 1.82) is 0 Å². The Morgan fingerprint density at radius 3 is 2.38 bits per heavy atom. The van der Waals surface area contributed by atoms with Crippen LogP contribution in [0.1, 0.15) is 103 Å². The summed E-state index contributed by atoms with van der Waals surface area (Å²) in [7, 11) is 3.48. The number of aliphatic hydroxyl groups excluding tert-OH is 2. The topological polar surface area (TPSA) is 151 Å². The first-order chi connectivity index (χ1) is 26.3. The molecule has 304 valence electrons. The molecule has 4 aliphatic rings. The highest BCUT2D eigenvalue weighted by molar-refractivity contribution is 8.02. The molecule has 2 saturated carbocycles. The van der Waals surface area contributed by atoms with Gasteiger partial charge in [-0.15, -0.1) is 24.6 Å². The van der Waals surface area contributed by atoms with E-state index >= 15 is 0 Å². The number of methoxy groups -OCH3 is 1. The van der Waals surface area contributed by atoms with E-state index in [-0.39, 0.29) is 47.8 Å². The van der Waals surface area contributed by atoms with Gasteiger partial charge >= 0.3 is 0 Å². The normalized spacial score (nSPS) is 27.2. The van der Waals surface area contributed by atoms with Gasteiger partial charge in [-0.3, -0.25) is 14.4 Å². The number of primary amides is 1. The number of allylic oxidation sites excluding steroid dienone is 4. The fraction of sp³-hybridized carbons (Fsp3) is 0.568. The number of fused-ring (bicyclic) bond motifs is 3. The minimum Gasteiger partial charge on any atom is -0.509 e. The van der Waals surface area contributed by atoms with Gasteiger partial charge in [0.25, 0.3) is 0 Å². The third-order valence-electron chi connectivity index (χ3n) is 10.3. The van der Waals surface area contributed by atoms with E-state index in [1.807, 2.05) is 6.07 Å². The van der Waals surface area contributed by atoms with Crippen LogP contribution in [0.15, 0.2) is 52.4 Å². The molecule has 0 bridgehead atoms. The lowest BCUT2D eigenvalue weighted by atomic mass is 9.92. The number of terminal acetylenes is 1. The molecule has 1 aliphatic heterocycles. The van der Waals surface area contributed by atoms with Crippen molar-refractivity contribution in [3.05, 3.63) is 69.0 Å². The second-order valence-corrected chi connectivity index (χ2v) is 15.7. The van der Waals surface area contributed by atoms with Crippen molar-refractivity contribution in [3.8, 4) is 18.6 Å². The lowest BCUT2D eigenvalue weighted by molar-refractivity contribution is -0.140. The summed E-state index contributed by atoms with van der Waals surface area (Å²) in [5, 5.41) is 26.3. The van der Waals surface area contributed by atoms with Gasteiger partial charge in [-0.1, -0.05) is 45.8 Å². The molecule has 55 heavy (non-hydrogen) atoms. The van der Waals surface area contributed by atoms with Crippen LogP contribution in [0.5, 0.6) is 5.75 Å². The van der Waals surface area contributed by atoms with Crippen LogP contribution >= 0.6 is 11.8 Å². The van der Waals surface area contributed by atoms with Crippen molar-refractivity contribution in [2.24, 2.45) is 29.4 Å². The van der Waals surface area contributed by atoms with Crippen LogP contribution in [-0.4, -0.2) is 71.9 Å². The minimum absolute atomic E-state index is 0.0106. The summed E-state index contributed by atoms with van der Waals surface area (Å²) in [6, 6.07) is 3.83. The van der Waals surface area contributed by atoms with Crippen LogP contribution in [0.3, 0.4) is 0 Å².